The lowest BCUT2D eigenvalue weighted by atomic mass is 9.41. The lowest BCUT2D eigenvalue weighted by Crippen LogP contribution is -2.58. The molecule has 3 aromatic rings. The van der Waals surface area contributed by atoms with Crippen LogP contribution in [0.5, 0.6) is 34.5 Å². The smallest absolute Gasteiger partial charge is 0.331 e. The van der Waals surface area contributed by atoms with E-state index in [0.717, 1.165) is 82.3 Å². The van der Waals surface area contributed by atoms with Gasteiger partial charge in [0.1, 0.15) is 12.7 Å². The summed E-state index contributed by atoms with van der Waals surface area (Å²) >= 11 is 0. The Morgan fingerprint density at radius 3 is 2.37 bits per heavy atom. The van der Waals surface area contributed by atoms with Crippen molar-refractivity contribution in [3.05, 3.63) is 94.1 Å². The number of esters is 1. The van der Waals surface area contributed by atoms with E-state index < -0.39 is 0 Å². The SMILES string of the molecule is COc1cc(/C=C/C(=O)OC2CCC34CC35CCC3(C)C(C(C)CCC=C(C)C)CC[C@@]3(C)[C@@H]5CC[C@H]4C2(C)C)ccc1OC/C=C1/c2c(ccc(OC)c2OC)C=C2c3cc4c(cc3CCN21)OCO4. The number of hydrogen-bond donors (Lipinski definition) is 0. The number of rotatable bonds is 13. The largest absolute Gasteiger partial charge is 0.493 e. The molecule has 5 saturated carbocycles. The number of fused-ring (bicyclic) bond motifs is 7. The van der Waals surface area contributed by atoms with Gasteiger partial charge in [0.2, 0.25) is 6.79 Å². The molecule has 2 spiro atoms. The highest BCUT2D eigenvalue weighted by molar-refractivity contribution is 5.97. The summed E-state index contributed by atoms with van der Waals surface area (Å²) in [6.45, 7) is 18.6. The third-order valence-corrected chi connectivity index (χ3v) is 20.5. The lowest BCUT2D eigenvalue weighted by molar-refractivity contribution is -0.179. The minimum absolute atomic E-state index is 0.0787. The van der Waals surface area contributed by atoms with Crippen molar-refractivity contribution >= 4 is 29.5 Å². The fourth-order valence-electron chi connectivity index (χ4n) is 16.9. The van der Waals surface area contributed by atoms with Crippen LogP contribution in [0.3, 0.4) is 0 Å². The highest BCUT2D eigenvalue weighted by Crippen LogP contribution is 2.89. The third kappa shape index (κ3) is 7.45. The molecule has 71 heavy (non-hydrogen) atoms. The maximum absolute atomic E-state index is 13.7. The molecule has 6 unspecified atom stereocenters. The van der Waals surface area contributed by atoms with Crippen LogP contribution >= 0.6 is 0 Å². The van der Waals surface area contributed by atoms with Crippen molar-refractivity contribution in [2.75, 3.05) is 41.3 Å². The summed E-state index contributed by atoms with van der Waals surface area (Å²) in [4.78, 5) is 16.1. The number of hydrogen-bond acceptors (Lipinski definition) is 9. The number of allylic oxidation sites excluding steroid dienone is 2. The highest BCUT2D eigenvalue weighted by Gasteiger charge is 2.82. The van der Waals surface area contributed by atoms with E-state index in [4.69, 9.17) is 33.2 Å². The number of carbonyl (C=O) groups is 1. The second kappa shape index (κ2) is 17.7. The summed E-state index contributed by atoms with van der Waals surface area (Å²) in [6, 6.07) is 14.0. The molecule has 0 aromatic heterocycles. The van der Waals surface area contributed by atoms with Crippen LogP contribution in [0.15, 0.2) is 66.3 Å². The fraction of sp³-hybridized carbons (Fsp3) is 0.565. The Bertz CT molecular complexity index is 2740. The third-order valence-electron chi connectivity index (χ3n) is 20.5. The molecule has 3 aliphatic heterocycles. The van der Waals surface area contributed by atoms with Crippen molar-refractivity contribution in [2.24, 2.45) is 50.7 Å². The number of methoxy groups -OCH3 is 3. The Hall–Kier alpha value is -5.31. The molecular weight excluding hydrogens is 887 g/mol. The first-order valence-electron chi connectivity index (χ1n) is 26.8. The zero-order chi connectivity index (χ0) is 49.7. The number of ether oxygens (including phenoxy) is 7. The normalized spacial score (nSPS) is 32.2. The first kappa shape index (κ1) is 48.0. The van der Waals surface area contributed by atoms with Crippen molar-refractivity contribution in [2.45, 2.75) is 132 Å². The van der Waals surface area contributed by atoms with Crippen molar-refractivity contribution in [3.63, 3.8) is 0 Å². The fourth-order valence-corrected chi connectivity index (χ4v) is 16.9. The van der Waals surface area contributed by atoms with Crippen LogP contribution in [0.1, 0.15) is 147 Å². The monoisotopic (exact) mass is 964 g/mol. The molecule has 0 radical (unpaired) electrons. The van der Waals surface area contributed by atoms with E-state index in [0.29, 0.717) is 50.6 Å². The Morgan fingerprint density at radius 1 is 0.831 bits per heavy atom. The van der Waals surface area contributed by atoms with E-state index in [-0.39, 0.29) is 30.9 Å². The van der Waals surface area contributed by atoms with Crippen molar-refractivity contribution in [1.82, 2.24) is 4.90 Å². The van der Waals surface area contributed by atoms with Crippen molar-refractivity contribution in [3.8, 4) is 34.5 Å². The molecule has 5 fully saturated rings. The molecule has 0 saturated heterocycles. The molecule has 8 aliphatic rings. The first-order valence-corrected chi connectivity index (χ1v) is 26.8. The molecule has 5 aliphatic carbocycles. The van der Waals surface area contributed by atoms with Crippen LogP contribution < -0.4 is 28.4 Å². The van der Waals surface area contributed by atoms with Crippen LogP contribution in [0.25, 0.3) is 23.5 Å². The second-order valence-electron chi connectivity index (χ2n) is 24.0. The Labute approximate surface area is 423 Å². The van der Waals surface area contributed by atoms with E-state index in [2.05, 4.69) is 89.8 Å². The van der Waals surface area contributed by atoms with Gasteiger partial charge >= 0.3 is 5.97 Å². The topological polar surface area (TPSA) is 84.9 Å². The Balaban J connectivity index is 0.753. The van der Waals surface area contributed by atoms with E-state index in [1.165, 1.54) is 75.3 Å². The molecule has 3 heterocycles. The molecular formula is C62H77NO8. The first-order chi connectivity index (χ1) is 34.1. The average molecular weight is 964 g/mol. The Kier molecular flexibility index (Phi) is 12.0. The minimum Gasteiger partial charge on any atom is -0.493 e. The van der Waals surface area contributed by atoms with Gasteiger partial charge in [-0.05, 0) is 201 Å². The van der Waals surface area contributed by atoms with E-state index in [9.17, 15) is 4.79 Å². The van der Waals surface area contributed by atoms with Gasteiger partial charge in [0.05, 0.1) is 32.6 Å². The maximum Gasteiger partial charge on any atom is 0.331 e. The molecule has 11 rings (SSSR count). The van der Waals surface area contributed by atoms with Gasteiger partial charge in [-0.25, -0.2) is 4.79 Å². The zero-order valence-corrected chi connectivity index (χ0v) is 44.1. The summed E-state index contributed by atoms with van der Waals surface area (Å²) in [5.74, 6) is 6.80. The van der Waals surface area contributed by atoms with E-state index in [1.807, 2.05) is 30.3 Å². The lowest BCUT2D eigenvalue weighted by Gasteiger charge is -2.63. The van der Waals surface area contributed by atoms with Gasteiger partial charge in [0, 0.05) is 29.3 Å². The summed E-state index contributed by atoms with van der Waals surface area (Å²) in [5, 5.41) is 0. The van der Waals surface area contributed by atoms with Crippen LogP contribution in [0.4, 0.5) is 0 Å². The predicted molar refractivity (Wildman–Crippen MR) is 280 cm³/mol. The van der Waals surface area contributed by atoms with Gasteiger partial charge in [-0.2, -0.15) is 0 Å². The molecule has 9 heteroatoms. The highest BCUT2D eigenvalue weighted by atomic mass is 16.7. The molecule has 0 bridgehead atoms. The van der Waals surface area contributed by atoms with Gasteiger partial charge in [0.25, 0.3) is 0 Å². The van der Waals surface area contributed by atoms with E-state index in [1.54, 1.807) is 27.4 Å². The number of carbonyl (C=O) groups excluding carboxylic acids is 1. The van der Waals surface area contributed by atoms with Gasteiger partial charge < -0.3 is 38.1 Å². The summed E-state index contributed by atoms with van der Waals surface area (Å²) in [7, 11) is 4.99. The van der Waals surface area contributed by atoms with Crippen molar-refractivity contribution < 1.29 is 38.0 Å². The molecule has 378 valence electrons. The number of nitrogens with zero attached hydrogens (tertiary/aromatic N) is 1. The minimum atomic E-state index is -0.278. The van der Waals surface area contributed by atoms with Gasteiger partial charge in [-0.3, -0.25) is 0 Å². The van der Waals surface area contributed by atoms with Crippen LogP contribution in [-0.4, -0.2) is 58.2 Å². The summed E-state index contributed by atoms with van der Waals surface area (Å²) in [6.07, 6.45) is 25.1. The second-order valence-corrected chi connectivity index (χ2v) is 24.0. The van der Waals surface area contributed by atoms with Crippen LogP contribution in [-0.2, 0) is 16.0 Å². The molecule has 0 N–H and O–H groups in total. The molecule has 3 aromatic carbocycles. The molecule has 9 atom stereocenters. The zero-order valence-electron chi connectivity index (χ0n) is 44.1. The Morgan fingerprint density at radius 2 is 1.59 bits per heavy atom. The maximum atomic E-state index is 13.7. The molecule has 0 amide bonds. The quantitative estimate of drug-likeness (QED) is 0.0944. The summed E-state index contributed by atoms with van der Waals surface area (Å²) < 4.78 is 42.1. The van der Waals surface area contributed by atoms with Gasteiger partial charge in [-0.15, -0.1) is 0 Å². The standard InChI is InChI=1S/C62H77NO8/c1-38(2)12-11-13-39(3)44-22-26-60(7)53-20-19-52-58(4,5)54(23-27-61(52)36-62(53,61)29-28-59(44,60)6)71-55(64)21-15-40-14-17-47(49(32-40)66-9)68-31-25-45-56-42(16-18-48(65-8)57(56)67-10)33-46-43-35-51-50(69-37-70-51)34-41(43)24-30-63(45)46/h12,14-18,21,25,32-35,39,44,52-54H,11,13,19-20,22-24,26-31,36-37H2,1-10H3/b21-15+,45-25-/t39?,44?,52-,53-,54?,59?,60-,61?,62?/m0/s1. The molecule has 9 nitrogen and oxygen atoms in total. The van der Waals surface area contributed by atoms with Crippen LogP contribution in [0.2, 0.25) is 0 Å². The van der Waals surface area contributed by atoms with Gasteiger partial charge in [0.15, 0.2) is 34.5 Å². The van der Waals surface area contributed by atoms with Gasteiger partial charge in [-0.1, -0.05) is 58.4 Å². The number of benzene rings is 3. The van der Waals surface area contributed by atoms with E-state index >= 15 is 0 Å². The summed E-state index contributed by atoms with van der Waals surface area (Å²) in [5.41, 5.74) is 10.3. The van der Waals surface area contributed by atoms with Crippen LogP contribution in [0, 0.1) is 50.7 Å². The van der Waals surface area contributed by atoms with Crippen molar-refractivity contribution in [1.29, 1.82) is 0 Å². The predicted octanol–water partition coefficient (Wildman–Crippen LogP) is 14.0. The average Bonchev–Trinajstić information content (AvgIpc) is 3.62.